The second-order valence-corrected chi connectivity index (χ2v) is 6.62. The normalized spacial score (nSPS) is 18.0. The smallest absolute Gasteiger partial charge is 0.242 e. The van der Waals surface area contributed by atoms with E-state index in [2.05, 4.69) is 32.0 Å². The first-order valence-electron chi connectivity index (χ1n) is 8.22. The fraction of sp³-hybridized carbons (Fsp3) is 0.556. The number of hydrogen-bond donors (Lipinski definition) is 0. The van der Waals surface area contributed by atoms with Gasteiger partial charge in [0.2, 0.25) is 11.8 Å². The maximum Gasteiger partial charge on any atom is 0.242 e. The first-order chi connectivity index (χ1) is 10.6. The van der Waals surface area contributed by atoms with Crippen molar-refractivity contribution >= 4 is 11.8 Å². The summed E-state index contributed by atoms with van der Waals surface area (Å²) < 4.78 is 0. The Balaban J connectivity index is 1.70. The second kappa shape index (κ2) is 6.11. The van der Waals surface area contributed by atoms with Crippen LogP contribution in [0.3, 0.4) is 0 Å². The molecule has 0 N–H and O–H groups in total. The zero-order chi connectivity index (χ0) is 15.7. The molecule has 0 aliphatic carbocycles. The van der Waals surface area contributed by atoms with E-state index in [1.165, 1.54) is 16.7 Å². The number of nitrogens with zero attached hydrogens (tertiary/aromatic N) is 2. The molecule has 0 unspecified atom stereocenters. The van der Waals surface area contributed by atoms with E-state index in [1.807, 2.05) is 4.90 Å². The van der Waals surface area contributed by atoms with Gasteiger partial charge in [-0.1, -0.05) is 32.0 Å². The molecule has 2 aliphatic rings. The number of benzene rings is 1. The Morgan fingerprint density at radius 3 is 2.73 bits per heavy atom. The van der Waals surface area contributed by atoms with E-state index in [9.17, 15) is 9.59 Å². The van der Waals surface area contributed by atoms with Crippen LogP contribution in [0.25, 0.3) is 0 Å². The zero-order valence-corrected chi connectivity index (χ0v) is 13.5. The largest absolute Gasteiger partial charge is 0.336 e. The number of fused-ring (bicyclic) bond motifs is 1. The molecule has 0 saturated carbocycles. The molecule has 2 aliphatic heterocycles. The Morgan fingerprint density at radius 2 is 2.05 bits per heavy atom. The predicted octanol–water partition coefficient (Wildman–Crippen LogP) is 2.32. The molecule has 1 fully saturated rings. The predicted molar refractivity (Wildman–Crippen MR) is 85.5 cm³/mol. The molecule has 3 rings (SSSR count). The Morgan fingerprint density at radius 1 is 1.23 bits per heavy atom. The van der Waals surface area contributed by atoms with Gasteiger partial charge in [-0.3, -0.25) is 9.59 Å². The van der Waals surface area contributed by atoms with E-state index in [0.717, 1.165) is 25.9 Å². The van der Waals surface area contributed by atoms with Gasteiger partial charge in [0.1, 0.15) is 0 Å². The van der Waals surface area contributed by atoms with Crippen LogP contribution in [0.2, 0.25) is 0 Å². The summed E-state index contributed by atoms with van der Waals surface area (Å²) in [6.45, 7) is 6.84. The van der Waals surface area contributed by atoms with Crippen molar-refractivity contribution in [1.82, 2.24) is 9.80 Å². The maximum atomic E-state index is 12.5. The van der Waals surface area contributed by atoms with Crippen molar-refractivity contribution in [2.45, 2.75) is 45.6 Å². The summed E-state index contributed by atoms with van der Waals surface area (Å²) in [5, 5.41) is 0. The number of likely N-dealkylation sites (tertiary alicyclic amines) is 1. The van der Waals surface area contributed by atoms with Gasteiger partial charge in [0, 0.05) is 26.1 Å². The molecule has 1 aromatic rings. The highest BCUT2D eigenvalue weighted by molar-refractivity contribution is 5.86. The fourth-order valence-corrected chi connectivity index (χ4v) is 3.53. The number of hydrogen-bond acceptors (Lipinski definition) is 2. The average molecular weight is 300 g/mol. The minimum atomic E-state index is 0.0795. The number of carbonyl (C=O) groups excluding carboxylic acids is 2. The topological polar surface area (TPSA) is 40.6 Å². The molecule has 0 radical (unpaired) electrons. The SMILES string of the molecule is CC(C)c1cccc2c1CCN(C(=O)CN1CCCC1=O)C2. The summed E-state index contributed by atoms with van der Waals surface area (Å²) >= 11 is 0. The lowest BCUT2D eigenvalue weighted by Crippen LogP contribution is -2.43. The molecule has 4 heteroatoms. The molecule has 0 spiro atoms. The minimum Gasteiger partial charge on any atom is -0.336 e. The van der Waals surface area contributed by atoms with E-state index in [1.54, 1.807) is 4.90 Å². The molecule has 118 valence electrons. The standard InChI is InChI=1S/C18H24N2O2/c1-13(2)15-6-3-5-14-11-20(10-8-16(14)15)18(22)12-19-9-4-7-17(19)21/h3,5-6,13H,4,7-12H2,1-2H3. The van der Waals surface area contributed by atoms with Crippen LogP contribution in [0.4, 0.5) is 0 Å². The molecular weight excluding hydrogens is 276 g/mol. The quantitative estimate of drug-likeness (QED) is 0.859. The molecule has 22 heavy (non-hydrogen) atoms. The third-order valence-electron chi connectivity index (χ3n) is 4.77. The monoisotopic (exact) mass is 300 g/mol. The molecular formula is C18H24N2O2. The van der Waals surface area contributed by atoms with Crippen molar-refractivity contribution in [2.75, 3.05) is 19.6 Å². The Hall–Kier alpha value is -1.84. The molecule has 0 bridgehead atoms. The van der Waals surface area contributed by atoms with Gasteiger partial charge in [0.05, 0.1) is 6.54 Å². The summed E-state index contributed by atoms with van der Waals surface area (Å²) in [4.78, 5) is 27.7. The van der Waals surface area contributed by atoms with Gasteiger partial charge >= 0.3 is 0 Å². The zero-order valence-electron chi connectivity index (χ0n) is 13.5. The summed E-state index contributed by atoms with van der Waals surface area (Å²) in [6, 6.07) is 6.41. The molecule has 2 heterocycles. The van der Waals surface area contributed by atoms with E-state index >= 15 is 0 Å². The Kier molecular flexibility index (Phi) is 4.19. The van der Waals surface area contributed by atoms with Gasteiger partial charge in [-0.15, -0.1) is 0 Å². The Labute approximate surface area is 132 Å². The molecule has 4 nitrogen and oxygen atoms in total. The second-order valence-electron chi connectivity index (χ2n) is 6.62. The van der Waals surface area contributed by atoms with Crippen LogP contribution in [0.1, 0.15) is 49.3 Å². The van der Waals surface area contributed by atoms with Crippen LogP contribution in [0, 0.1) is 0 Å². The van der Waals surface area contributed by atoms with E-state index < -0.39 is 0 Å². The van der Waals surface area contributed by atoms with Crippen molar-refractivity contribution in [1.29, 1.82) is 0 Å². The van der Waals surface area contributed by atoms with Crippen LogP contribution < -0.4 is 0 Å². The van der Waals surface area contributed by atoms with Crippen LogP contribution in [0.5, 0.6) is 0 Å². The molecule has 2 amide bonds. The lowest BCUT2D eigenvalue weighted by Gasteiger charge is -2.32. The van der Waals surface area contributed by atoms with E-state index in [-0.39, 0.29) is 18.4 Å². The number of rotatable bonds is 3. The van der Waals surface area contributed by atoms with Crippen LogP contribution in [-0.4, -0.2) is 41.2 Å². The molecule has 0 atom stereocenters. The molecule has 1 aromatic carbocycles. The van der Waals surface area contributed by atoms with Crippen molar-refractivity contribution in [2.24, 2.45) is 0 Å². The summed E-state index contributed by atoms with van der Waals surface area (Å²) in [7, 11) is 0. The van der Waals surface area contributed by atoms with Crippen molar-refractivity contribution in [3.05, 3.63) is 34.9 Å². The minimum absolute atomic E-state index is 0.0795. The van der Waals surface area contributed by atoms with Crippen molar-refractivity contribution in [3.63, 3.8) is 0 Å². The molecule has 0 aromatic heterocycles. The van der Waals surface area contributed by atoms with Crippen molar-refractivity contribution in [3.8, 4) is 0 Å². The van der Waals surface area contributed by atoms with E-state index in [0.29, 0.717) is 18.9 Å². The summed E-state index contributed by atoms with van der Waals surface area (Å²) in [5.41, 5.74) is 4.08. The summed E-state index contributed by atoms with van der Waals surface area (Å²) in [5.74, 6) is 0.711. The van der Waals surface area contributed by atoms with Gasteiger partial charge in [0.15, 0.2) is 0 Å². The highest BCUT2D eigenvalue weighted by Gasteiger charge is 2.27. The van der Waals surface area contributed by atoms with Gasteiger partial charge < -0.3 is 9.80 Å². The van der Waals surface area contributed by atoms with Gasteiger partial charge in [-0.05, 0) is 35.4 Å². The summed E-state index contributed by atoms with van der Waals surface area (Å²) in [6.07, 6.45) is 2.39. The van der Waals surface area contributed by atoms with Crippen LogP contribution in [0.15, 0.2) is 18.2 Å². The van der Waals surface area contributed by atoms with Crippen LogP contribution >= 0.6 is 0 Å². The fourth-order valence-electron chi connectivity index (χ4n) is 3.53. The lowest BCUT2D eigenvalue weighted by molar-refractivity contribution is -0.138. The third-order valence-corrected chi connectivity index (χ3v) is 4.77. The van der Waals surface area contributed by atoms with Gasteiger partial charge in [-0.2, -0.15) is 0 Å². The first-order valence-corrected chi connectivity index (χ1v) is 8.22. The number of carbonyl (C=O) groups is 2. The van der Waals surface area contributed by atoms with Gasteiger partial charge in [-0.25, -0.2) is 0 Å². The lowest BCUT2D eigenvalue weighted by atomic mass is 9.89. The highest BCUT2D eigenvalue weighted by Crippen LogP contribution is 2.27. The maximum absolute atomic E-state index is 12.5. The molecule has 1 saturated heterocycles. The Bertz CT molecular complexity index is 595. The number of amides is 2. The average Bonchev–Trinajstić information content (AvgIpc) is 2.91. The highest BCUT2D eigenvalue weighted by atomic mass is 16.2. The van der Waals surface area contributed by atoms with Gasteiger partial charge in [0.25, 0.3) is 0 Å². The van der Waals surface area contributed by atoms with Crippen molar-refractivity contribution < 1.29 is 9.59 Å². The first kappa shape index (κ1) is 15.1. The van der Waals surface area contributed by atoms with Crippen LogP contribution in [-0.2, 0) is 22.6 Å². The third kappa shape index (κ3) is 2.87. The van der Waals surface area contributed by atoms with E-state index in [4.69, 9.17) is 0 Å².